The van der Waals surface area contributed by atoms with Crippen LogP contribution in [0.1, 0.15) is 16.3 Å². The molecule has 1 aromatic heterocycles. The van der Waals surface area contributed by atoms with Crippen LogP contribution in [0.15, 0.2) is 23.6 Å². The number of hydrogen-bond donors (Lipinski definition) is 1. The molecule has 1 heterocycles. The zero-order chi connectivity index (χ0) is 13.7. The molecule has 102 valence electrons. The second kappa shape index (κ2) is 6.54. The lowest BCUT2D eigenvalue weighted by Crippen LogP contribution is -2.06. The van der Waals surface area contributed by atoms with E-state index >= 15 is 0 Å². The van der Waals surface area contributed by atoms with Gasteiger partial charge in [0, 0.05) is 5.38 Å². The molecule has 0 unspecified atom stereocenters. The van der Waals surface area contributed by atoms with Crippen molar-refractivity contribution < 1.29 is 9.47 Å². The first-order valence-electron chi connectivity index (χ1n) is 6.14. The zero-order valence-electron chi connectivity index (χ0n) is 11.2. The standard InChI is InChI=1S/C14H18N2O2S/c1-10-16-12(9-19-10)8-18-14-11(6-7-15)4-3-5-13(14)17-2/h3-5,9H,6-8,15H2,1-2H3. The van der Waals surface area contributed by atoms with Crippen molar-refractivity contribution >= 4 is 11.3 Å². The first-order chi connectivity index (χ1) is 9.24. The van der Waals surface area contributed by atoms with E-state index in [2.05, 4.69) is 4.98 Å². The van der Waals surface area contributed by atoms with E-state index in [1.807, 2.05) is 30.5 Å². The molecule has 0 aliphatic rings. The maximum absolute atomic E-state index is 5.87. The molecule has 1 aromatic carbocycles. The molecule has 0 spiro atoms. The van der Waals surface area contributed by atoms with Gasteiger partial charge in [-0.25, -0.2) is 4.98 Å². The first-order valence-corrected chi connectivity index (χ1v) is 7.02. The maximum atomic E-state index is 5.87. The van der Waals surface area contributed by atoms with Crippen LogP contribution >= 0.6 is 11.3 Å². The summed E-state index contributed by atoms with van der Waals surface area (Å²) in [6.07, 6.45) is 0.766. The summed E-state index contributed by atoms with van der Waals surface area (Å²) in [5.41, 5.74) is 7.63. The smallest absolute Gasteiger partial charge is 0.164 e. The Morgan fingerprint density at radius 2 is 2.21 bits per heavy atom. The Labute approximate surface area is 117 Å². The first kappa shape index (κ1) is 13.8. The van der Waals surface area contributed by atoms with Crippen molar-refractivity contribution in [3.05, 3.63) is 39.8 Å². The van der Waals surface area contributed by atoms with Gasteiger partial charge in [-0.15, -0.1) is 11.3 Å². The molecule has 0 atom stereocenters. The van der Waals surface area contributed by atoms with Crippen LogP contribution < -0.4 is 15.2 Å². The van der Waals surface area contributed by atoms with E-state index in [4.69, 9.17) is 15.2 Å². The number of rotatable bonds is 6. The predicted molar refractivity (Wildman–Crippen MR) is 76.9 cm³/mol. The molecule has 0 saturated carbocycles. The Morgan fingerprint density at radius 1 is 1.37 bits per heavy atom. The minimum absolute atomic E-state index is 0.447. The van der Waals surface area contributed by atoms with Gasteiger partial charge in [0.1, 0.15) is 6.61 Å². The molecule has 19 heavy (non-hydrogen) atoms. The minimum Gasteiger partial charge on any atom is -0.493 e. The van der Waals surface area contributed by atoms with E-state index in [1.54, 1.807) is 18.4 Å². The summed E-state index contributed by atoms with van der Waals surface area (Å²) in [6.45, 7) is 3.01. The molecule has 0 fully saturated rings. The topological polar surface area (TPSA) is 57.4 Å². The number of ether oxygens (including phenoxy) is 2. The number of benzene rings is 1. The van der Waals surface area contributed by atoms with Gasteiger partial charge in [0.25, 0.3) is 0 Å². The van der Waals surface area contributed by atoms with Gasteiger partial charge in [-0.1, -0.05) is 12.1 Å². The molecular formula is C14H18N2O2S. The Bertz CT molecular complexity index is 540. The van der Waals surface area contributed by atoms with Crippen LogP contribution in [0.5, 0.6) is 11.5 Å². The summed E-state index contributed by atoms with van der Waals surface area (Å²) < 4.78 is 11.2. The molecule has 0 aliphatic heterocycles. The van der Waals surface area contributed by atoms with E-state index in [1.165, 1.54) is 0 Å². The van der Waals surface area contributed by atoms with Crippen LogP contribution in [0.3, 0.4) is 0 Å². The van der Waals surface area contributed by atoms with Crippen molar-refractivity contribution in [1.82, 2.24) is 4.98 Å². The second-order valence-electron chi connectivity index (χ2n) is 4.13. The number of hydrogen-bond acceptors (Lipinski definition) is 5. The molecule has 2 N–H and O–H groups in total. The Kier molecular flexibility index (Phi) is 4.76. The molecule has 2 aromatic rings. The van der Waals surface area contributed by atoms with Crippen LogP contribution in [-0.4, -0.2) is 18.6 Å². The maximum Gasteiger partial charge on any atom is 0.164 e. The fourth-order valence-corrected chi connectivity index (χ4v) is 2.46. The van der Waals surface area contributed by atoms with Gasteiger partial charge < -0.3 is 15.2 Å². The molecule has 4 nitrogen and oxygen atoms in total. The van der Waals surface area contributed by atoms with Crippen molar-refractivity contribution in [2.45, 2.75) is 20.0 Å². The fraction of sp³-hybridized carbons (Fsp3) is 0.357. The average molecular weight is 278 g/mol. The van der Waals surface area contributed by atoms with Crippen molar-refractivity contribution in [3.8, 4) is 11.5 Å². The SMILES string of the molecule is COc1cccc(CCN)c1OCc1csc(C)n1. The molecule has 0 radical (unpaired) electrons. The van der Waals surface area contributed by atoms with Gasteiger partial charge in [-0.3, -0.25) is 0 Å². The average Bonchev–Trinajstić information content (AvgIpc) is 2.83. The highest BCUT2D eigenvalue weighted by atomic mass is 32.1. The molecule has 0 bridgehead atoms. The fourth-order valence-electron chi connectivity index (χ4n) is 1.86. The van der Waals surface area contributed by atoms with Gasteiger partial charge in [0.15, 0.2) is 11.5 Å². The lowest BCUT2D eigenvalue weighted by Gasteiger charge is -2.14. The number of aryl methyl sites for hydroxylation is 1. The highest BCUT2D eigenvalue weighted by molar-refractivity contribution is 7.09. The molecule has 0 amide bonds. The van der Waals surface area contributed by atoms with Gasteiger partial charge in [0.2, 0.25) is 0 Å². The number of thiazole rings is 1. The van der Waals surface area contributed by atoms with Gasteiger partial charge >= 0.3 is 0 Å². The van der Waals surface area contributed by atoms with Gasteiger partial charge in [-0.2, -0.15) is 0 Å². The summed E-state index contributed by atoms with van der Waals surface area (Å²) in [6, 6.07) is 5.85. The van der Waals surface area contributed by atoms with E-state index in [0.717, 1.165) is 34.2 Å². The number of aromatic nitrogens is 1. The minimum atomic E-state index is 0.447. The molecular weight excluding hydrogens is 260 g/mol. The lowest BCUT2D eigenvalue weighted by molar-refractivity contribution is 0.278. The normalized spacial score (nSPS) is 10.5. The lowest BCUT2D eigenvalue weighted by atomic mass is 10.1. The third-order valence-corrected chi connectivity index (χ3v) is 3.55. The number of methoxy groups -OCH3 is 1. The van der Waals surface area contributed by atoms with Crippen LogP contribution in [0.25, 0.3) is 0 Å². The van der Waals surface area contributed by atoms with Crippen LogP contribution in [0.4, 0.5) is 0 Å². The van der Waals surface area contributed by atoms with Crippen LogP contribution in [0.2, 0.25) is 0 Å². The predicted octanol–water partition coefficient (Wildman–Crippen LogP) is 2.54. The molecule has 0 aliphatic carbocycles. The van der Waals surface area contributed by atoms with Crippen molar-refractivity contribution in [1.29, 1.82) is 0 Å². The Morgan fingerprint density at radius 3 is 2.84 bits per heavy atom. The third-order valence-electron chi connectivity index (χ3n) is 2.73. The van der Waals surface area contributed by atoms with E-state index in [-0.39, 0.29) is 0 Å². The van der Waals surface area contributed by atoms with Crippen molar-refractivity contribution in [3.63, 3.8) is 0 Å². The Balaban J connectivity index is 2.17. The third kappa shape index (κ3) is 3.45. The van der Waals surface area contributed by atoms with Gasteiger partial charge in [-0.05, 0) is 31.5 Å². The zero-order valence-corrected chi connectivity index (χ0v) is 12.0. The van der Waals surface area contributed by atoms with E-state index in [0.29, 0.717) is 13.2 Å². The molecule has 5 heteroatoms. The second-order valence-corrected chi connectivity index (χ2v) is 5.20. The quantitative estimate of drug-likeness (QED) is 0.882. The summed E-state index contributed by atoms with van der Waals surface area (Å²) in [4.78, 5) is 4.38. The van der Waals surface area contributed by atoms with Crippen LogP contribution in [0, 0.1) is 6.92 Å². The molecule has 2 rings (SSSR count). The summed E-state index contributed by atoms with van der Waals surface area (Å²) in [5, 5.41) is 3.05. The summed E-state index contributed by atoms with van der Waals surface area (Å²) in [5.74, 6) is 1.50. The van der Waals surface area contributed by atoms with Crippen LogP contribution in [-0.2, 0) is 13.0 Å². The monoisotopic (exact) mass is 278 g/mol. The summed E-state index contributed by atoms with van der Waals surface area (Å²) in [7, 11) is 1.64. The van der Waals surface area contributed by atoms with Gasteiger partial charge in [0.05, 0.1) is 17.8 Å². The summed E-state index contributed by atoms with van der Waals surface area (Å²) >= 11 is 1.62. The number of nitrogens with zero attached hydrogens (tertiary/aromatic N) is 1. The van der Waals surface area contributed by atoms with E-state index < -0.39 is 0 Å². The molecule has 0 saturated heterocycles. The van der Waals surface area contributed by atoms with Crippen molar-refractivity contribution in [2.75, 3.05) is 13.7 Å². The van der Waals surface area contributed by atoms with Crippen molar-refractivity contribution in [2.24, 2.45) is 5.73 Å². The van der Waals surface area contributed by atoms with E-state index in [9.17, 15) is 0 Å². The number of nitrogens with two attached hydrogens (primary N) is 1. The Hall–Kier alpha value is -1.59. The highest BCUT2D eigenvalue weighted by Gasteiger charge is 2.11. The number of para-hydroxylation sites is 1. The largest absolute Gasteiger partial charge is 0.493 e. The highest BCUT2D eigenvalue weighted by Crippen LogP contribution is 2.32.